The van der Waals surface area contributed by atoms with Gasteiger partial charge in [-0.2, -0.15) is 5.26 Å². The van der Waals surface area contributed by atoms with Crippen molar-refractivity contribution in [3.05, 3.63) is 60.2 Å². The summed E-state index contributed by atoms with van der Waals surface area (Å²) in [7, 11) is 0. The van der Waals surface area contributed by atoms with Gasteiger partial charge in [0.15, 0.2) is 6.19 Å². The van der Waals surface area contributed by atoms with Gasteiger partial charge in [-0.3, -0.25) is 4.79 Å². The Kier molecular flexibility index (Phi) is 4.59. The number of rotatable bonds is 3. The fraction of sp³-hybridized carbons (Fsp3) is 0.333. The Morgan fingerprint density at radius 1 is 0.962 bits per heavy atom. The smallest absolute Gasteiger partial charge is 0.271 e. The molecule has 5 rings (SSSR count). The molecular formula is C21H22N4O. The summed E-state index contributed by atoms with van der Waals surface area (Å²) in [5.41, 5.74) is 2.29. The number of amides is 1. The molecule has 0 saturated carbocycles. The summed E-state index contributed by atoms with van der Waals surface area (Å²) in [6.45, 7) is 4.52. The van der Waals surface area contributed by atoms with Crippen molar-refractivity contribution in [1.29, 1.82) is 5.26 Å². The number of anilines is 2. The largest absolute Gasteiger partial charge is 0.367 e. The van der Waals surface area contributed by atoms with Gasteiger partial charge in [0, 0.05) is 43.5 Å². The van der Waals surface area contributed by atoms with Crippen LogP contribution in [0.4, 0.5) is 11.4 Å². The SMILES string of the molecule is N#CN(C(=O)c1ccccc1)c1ccc(N2CCN3CCC2CC3)cc1. The molecule has 0 N–H and O–H groups in total. The van der Waals surface area contributed by atoms with E-state index in [1.165, 1.54) is 31.6 Å². The second-order valence-electron chi connectivity index (χ2n) is 6.89. The van der Waals surface area contributed by atoms with E-state index in [2.05, 4.69) is 9.80 Å². The van der Waals surface area contributed by atoms with Crippen molar-refractivity contribution >= 4 is 17.3 Å². The van der Waals surface area contributed by atoms with Crippen molar-refractivity contribution < 1.29 is 4.79 Å². The quantitative estimate of drug-likeness (QED) is 0.633. The van der Waals surface area contributed by atoms with Gasteiger partial charge in [0.2, 0.25) is 0 Å². The standard InChI is InChI=1S/C21H22N4O/c22-16-25(21(26)17-4-2-1-3-5-17)19-8-6-18(7-9-19)24-15-14-23-12-10-20(24)11-13-23/h1-9,20H,10-15H2. The molecule has 2 aromatic carbocycles. The lowest BCUT2D eigenvalue weighted by Crippen LogP contribution is -2.37. The van der Waals surface area contributed by atoms with E-state index in [0.717, 1.165) is 18.0 Å². The molecule has 3 fully saturated rings. The second-order valence-corrected chi connectivity index (χ2v) is 6.89. The zero-order valence-electron chi connectivity index (χ0n) is 14.7. The fourth-order valence-corrected chi connectivity index (χ4v) is 3.95. The molecular weight excluding hydrogens is 324 g/mol. The molecule has 5 heteroatoms. The molecule has 132 valence electrons. The Bertz CT molecular complexity index is 804. The minimum atomic E-state index is -0.304. The van der Waals surface area contributed by atoms with E-state index in [1.807, 2.05) is 36.5 Å². The summed E-state index contributed by atoms with van der Waals surface area (Å²) in [5.74, 6) is -0.304. The molecule has 5 nitrogen and oxygen atoms in total. The lowest BCUT2D eigenvalue weighted by atomic mass is 10.0. The average molecular weight is 346 g/mol. The number of hydrogen-bond donors (Lipinski definition) is 0. The Morgan fingerprint density at radius 2 is 1.65 bits per heavy atom. The van der Waals surface area contributed by atoms with E-state index in [9.17, 15) is 10.1 Å². The van der Waals surface area contributed by atoms with Gasteiger partial charge in [0.1, 0.15) is 0 Å². The first-order valence-electron chi connectivity index (χ1n) is 9.14. The van der Waals surface area contributed by atoms with Crippen molar-refractivity contribution in [3.8, 4) is 6.19 Å². The highest BCUT2D eigenvalue weighted by Crippen LogP contribution is 2.28. The molecule has 1 amide bonds. The number of carbonyl (C=O) groups excluding carboxylic acids is 1. The molecule has 0 unspecified atom stereocenters. The average Bonchev–Trinajstić information content (AvgIpc) is 3.04. The highest BCUT2D eigenvalue weighted by atomic mass is 16.2. The van der Waals surface area contributed by atoms with Crippen LogP contribution in [0.3, 0.4) is 0 Å². The highest BCUT2D eigenvalue weighted by molar-refractivity contribution is 6.07. The Balaban J connectivity index is 1.55. The summed E-state index contributed by atoms with van der Waals surface area (Å²) < 4.78 is 0. The van der Waals surface area contributed by atoms with E-state index >= 15 is 0 Å². The third kappa shape index (κ3) is 3.16. The van der Waals surface area contributed by atoms with Crippen molar-refractivity contribution in [2.45, 2.75) is 18.9 Å². The van der Waals surface area contributed by atoms with Crippen molar-refractivity contribution in [3.63, 3.8) is 0 Å². The van der Waals surface area contributed by atoms with Crippen LogP contribution in [-0.4, -0.2) is 43.0 Å². The first-order chi connectivity index (χ1) is 12.8. The van der Waals surface area contributed by atoms with E-state index in [-0.39, 0.29) is 5.91 Å². The number of benzene rings is 2. The predicted molar refractivity (Wildman–Crippen MR) is 102 cm³/mol. The first-order valence-corrected chi connectivity index (χ1v) is 9.14. The molecule has 3 aliphatic heterocycles. The molecule has 26 heavy (non-hydrogen) atoms. The summed E-state index contributed by atoms with van der Waals surface area (Å²) in [4.78, 5) is 18.8. The summed E-state index contributed by atoms with van der Waals surface area (Å²) in [6.07, 6.45) is 4.43. The number of piperidine rings is 1. The van der Waals surface area contributed by atoms with Gasteiger partial charge in [-0.05, 0) is 49.2 Å². The lowest BCUT2D eigenvalue weighted by Gasteiger charge is -2.33. The first kappa shape index (κ1) is 16.6. The van der Waals surface area contributed by atoms with Crippen LogP contribution in [0, 0.1) is 11.5 Å². The van der Waals surface area contributed by atoms with Gasteiger partial charge in [0.05, 0.1) is 5.69 Å². The van der Waals surface area contributed by atoms with Crippen LogP contribution >= 0.6 is 0 Å². The normalized spacial score (nSPS) is 21.7. The van der Waals surface area contributed by atoms with Crippen LogP contribution in [-0.2, 0) is 0 Å². The van der Waals surface area contributed by atoms with Gasteiger partial charge in [-0.1, -0.05) is 18.2 Å². The zero-order chi connectivity index (χ0) is 17.9. The third-order valence-electron chi connectivity index (χ3n) is 5.42. The Morgan fingerprint density at radius 3 is 2.31 bits per heavy atom. The van der Waals surface area contributed by atoms with Crippen LogP contribution in [0.5, 0.6) is 0 Å². The Hall–Kier alpha value is -2.84. The maximum Gasteiger partial charge on any atom is 0.271 e. The van der Waals surface area contributed by atoms with Gasteiger partial charge >= 0.3 is 0 Å². The molecule has 0 aliphatic carbocycles. The molecule has 3 aliphatic rings. The van der Waals surface area contributed by atoms with Crippen LogP contribution < -0.4 is 9.80 Å². The minimum absolute atomic E-state index is 0.304. The minimum Gasteiger partial charge on any atom is -0.367 e. The highest BCUT2D eigenvalue weighted by Gasteiger charge is 2.29. The molecule has 3 heterocycles. The van der Waals surface area contributed by atoms with Crippen molar-refractivity contribution in [2.75, 3.05) is 36.0 Å². The van der Waals surface area contributed by atoms with Crippen LogP contribution in [0.2, 0.25) is 0 Å². The molecule has 2 aromatic rings. The zero-order valence-corrected chi connectivity index (χ0v) is 14.7. The Labute approximate surface area is 154 Å². The number of carbonyl (C=O) groups is 1. The van der Waals surface area contributed by atoms with Crippen LogP contribution in [0.15, 0.2) is 54.6 Å². The second kappa shape index (κ2) is 7.19. The summed E-state index contributed by atoms with van der Waals surface area (Å²) in [5, 5.41) is 9.49. The maximum absolute atomic E-state index is 12.6. The van der Waals surface area contributed by atoms with E-state index < -0.39 is 0 Å². The molecule has 2 bridgehead atoms. The van der Waals surface area contributed by atoms with Gasteiger partial charge < -0.3 is 9.80 Å². The summed E-state index contributed by atoms with van der Waals surface area (Å²) in [6, 6.07) is 17.3. The lowest BCUT2D eigenvalue weighted by molar-refractivity contribution is 0.0999. The predicted octanol–water partition coefficient (Wildman–Crippen LogP) is 3.10. The fourth-order valence-electron chi connectivity index (χ4n) is 3.95. The molecule has 0 aromatic heterocycles. The number of hydrogen-bond acceptors (Lipinski definition) is 4. The van der Waals surface area contributed by atoms with Crippen LogP contribution in [0.1, 0.15) is 23.2 Å². The van der Waals surface area contributed by atoms with E-state index in [0.29, 0.717) is 17.3 Å². The summed E-state index contributed by atoms with van der Waals surface area (Å²) >= 11 is 0. The topological polar surface area (TPSA) is 50.6 Å². The van der Waals surface area contributed by atoms with Gasteiger partial charge in [-0.25, -0.2) is 4.90 Å². The van der Waals surface area contributed by atoms with Crippen LogP contribution in [0.25, 0.3) is 0 Å². The van der Waals surface area contributed by atoms with E-state index in [4.69, 9.17) is 0 Å². The van der Waals surface area contributed by atoms with Crippen molar-refractivity contribution in [2.24, 2.45) is 0 Å². The molecule has 3 saturated heterocycles. The maximum atomic E-state index is 12.6. The van der Waals surface area contributed by atoms with E-state index in [1.54, 1.807) is 24.3 Å². The number of nitrogens with zero attached hydrogens (tertiary/aromatic N) is 4. The molecule has 0 spiro atoms. The van der Waals surface area contributed by atoms with Gasteiger partial charge in [-0.15, -0.1) is 0 Å². The van der Waals surface area contributed by atoms with Crippen molar-refractivity contribution in [1.82, 2.24) is 4.90 Å². The monoisotopic (exact) mass is 346 g/mol. The number of fused-ring (bicyclic) bond motifs is 4. The number of nitriles is 1. The van der Waals surface area contributed by atoms with Gasteiger partial charge in [0.25, 0.3) is 5.91 Å². The third-order valence-corrected chi connectivity index (χ3v) is 5.42. The molecule has 0 radical (unpaired) electrons. The molecule has 0 atom stereocenters.